The molecule has 0 amide bonds. The van der Waals surface area contributed by atoms with Crippen LogP contribution in [0, 0.1) is 0 Å². The van der Waals surface area contributed by atoms with Gasteiger partial charge in [0, 0.05) is 14.2 Å². The van der Waals surface area contributed by atoms with Gasteiger partial charge in [-0.1, -0.05) is 11.6 Å². The van der Waals surface area contributed by atoms with Crippen LogP contribution in [0.1, 0.15) is 20.8 Å². The minimum absolute atomic E-state index is 0.165. The number of hydrogen-bond donors (Lipinski definition) is 0. The molecule has 0 unspecified atom stereocenters. The second kappa shape index (κ2) is 6.62. The molecule has 0 fully saturated rings. The third-order valence-electron chi connectivity index (χ3n) is 1.40. The Morgan fingerprint density at radius 3 is 2.19 bits per heavy atom. The van der Waals surface area contributed by atoms with Crippen LogP contribution in [-0.4, -0.2) is 26.4 Å². The van der Waals surface area contributed by atoms with Gasteiger partial charge in [0.25, 0.3) is 0 Å². The second-order valence-electron chi connectivity index (χ2n) is 3.88. The van der Waals surface area contributed by atoms with E-state index >= 15 is 0 Å². The van der Waals surface area contributed by atoms with E-state index in [9.17, 15) is 4.57 Å². The summed E-state index contributed by atoms with van der Waals surface area (Å²) < 4.78 is 30.7. The maximum atomic E-state index is 11.4. The lowest BCUT2D eigenvalue weighted by atomic mass is 10.2. The van der Waals surface area contributed by atoms with E-state index in [-0.39, 0.29) is 17.2 Å². The lowest BCUT2D eigenvalue weighted by molar-refractivity contribution is 0.0129. The van der Waals surface area contributed by atoms with Gasteiger partial charge >= 0.3 is 7.82 Å². The van der Waals surface area contributed by atoms with Gasteiger partial charge in [-0.2, -0.15) is 0 Å². The zero-order valence-electron chi connectivity index (χ0n) is 10.2. The molecule has 0 saturated heterocycles. The van der Waals surface area contributed by atoms with E-state index in [1.807, 2.05) is 20.8 Å². The molecule has 0 radical (unpaired) electrons. The van der Waals surface area contributed by atoms with Gasteiger partial charge in [0.05, 0.1) is 17.2 Å². The van der Waals surface area contributed by atoms with E-state index in [1.54, 1.807) is 0 Å². The minimum Gasteiger partial charge on any atom is -0.411 e. The first-order valence-corrected chi connectivity index (χ1v) is 6.45. The van der Waals surface area contributed by atoms with Crippen LogP contribution in [0.25, 0.3) is 0 Å². The van der Waals surface area contributed by atoms with Crippen LogP contribution in [0.5, 0.6) is 0 Å². The van der Waals surface area contributed by atoms with Crippen molar-refractivity contribution in [1.29, 1.82) is 0 Å². The Balaban J connectivity index is 4.19. The predicted molar refractivity (Wildman–Crippen MR) is 62.4 cm³/mol. The highest BCUT2D eigenvalue weighted by Crippen LogP contribution is 2.48. The highest BCUT2D eigenvalue weighted by atomic mass is 35.5. The van der Waals surface area contributed by atoms with Crippen molar-refractivity contribution >= 4 is 19.4 Å². The minimum atomic E-state index is -3.52. The Bertz CT molecular complexity index is 276. The zero-order chi connectivity index (χ0) is 12.8. The van der Waals surface area contributed by atoms with Gasteiger partial charge in [-0.3, -0.25) is 9.05 Å². The molecule has 0 saturated carbocycles. The molecule has 0 aliphatic rings. The van der Waals surface area contributed by atoms with Crippen LogP contribution < -0.4 is 0 Å². The molecule has 0 aromatic rings. The molecule has 0 aliphatic carbocycles. The largest absolute Gasteiger partial charge is 0.528 e. The quantitative estimate of drug-likeness (QED) is 0.548. The molecule has 0 bridgehead atoms. The standard InChI is InChI=1S/C9H18ClO5P/c1-9(2,3)14-6-8(10)7-15-16(11,12-4)13-5/h7H,6H2,1-5H3/b8-7-. The van der Waals surface area contributed by atoms with Crippen molar-refractivity contribution in [2.75, 3.05) is 20.8 Å². The SMILES string of the molecule is COP(=O)(OC)O/C=C(\Cl)COC(C)(C)C. The summed E-state index contributed by atoms with van der Waals surface area (Å²) in [4.78, 5) is 0. The van der Waals surface area contributed by atoms with Crippen molar-refractivity contribution in [2.24, 2.45) is 0 Å². The third kappa shape index (κ3) is 7.25. The van der Waals surface area contributed by atoms with E-state index in [0.29, 0.717) is 0 Å². The molecular formula is C9H18ClO5P. The van der Waals surface area contributed by atoms with E-state index in [2.05, 4.69) is 9.05 Å². The maximum Gasteiger partial charge on any atom is 0.528 e. The number of phosphoric ester groups is 1. The average molecular weight is 273 g/mol. The zero-order valence-corrected chi connectivity index (χ0v) is 11.8. The second-order valence-corrected chi connectivity index (χ2v) is 6.20. The summed E-state index contributed by atoms with van der Waals surface area (Å²) in [6, 6.07) is 0. The van der Waals surface area contributed by atoms with Gasteiger partial charge in [0.2, 0.25) is 0 Å². The summed E-state index contributed by atoms with van der Waals surface area (Å²) in [5, 5.41) is 0.268. The molecule has 0 spiro atoms. The van der Waals surface area contributed by atoms with Crippen LogP contribution in [-0.2, 0) is 22.9 Å². The predicted octanol–water partition coefficient (Wildman–Crippen LogP) is 3.30. The van der Waals surface area contributed by atoms with Crippen LogP contribution >= 0.6 is 19.4 Å². The first kappa shape index (κ1) is 15.9. The normalized spacial score (nSPS) is 14.0. The fraction of sp³-hybridized carbons (Fsp3) is 0.778. The van der Waals surface area contributed by atoms with Crippen LogP contribution in [0.4, 0.5) is 0 Å². The van der Waals surface area contributed by atoms with Crippen molar-refractivity contribution in [1.82, 2.24) is 0 Å². The third-order valence-corrected chi connectivity index (χ3v) is 2.86. The molecule has 96 valence electrons. The van der Waals surface area contributed by atoms with Gasteiger partial charge in [-0.15, -0.1) is 0 Å². The van der Waals surface area contributed by atoms with E-state index in [1.165, 1.54) is 14.2 Å². The van der Waals surface area contributed by atoms with Crippen molar-refractivity contribution in [3.63, 3.8) is 0 Å². The van der Waals surface area contributed by atoms with Gasteiger partial charge in [-0.25, -0.2) is 4.57 Å². The monoisotopic (exact) mass is 272 g/mol. The Labute approximate surface area is 101 Å². The smallest absolute Gasteiger partial charge is 0.411 e. The lowest BCUT2D eigenvalue weighted by Crippen LogP contribution is -2.19. The summed E-state index contributed by atoms with van der Waals surface area (Å²) in [5.74, 6) is 0. The van der Waals surface area contributed by atoms with Gasteiger partial charge in [0.1, 0.15) is 6.26 Å². The van der Waals surface area contributed by atoms with Crippen molar-refractivity contribution < 1.29 is 22.9 Å². The molecule has 0 atom stereocenters. The molecule has 0 rings (SSSR count). The lowest BCUT2D eigenvalue weighted by Gasteiger charge is -2.19. The molecule has 0 aromatic heterocycles. The Morgan fingerprint density at radius 2 is 1.81 bits per heavy atom. The van der Waals surface area contributed by atoms with Crippen molar-refractivity contribution in [3.8, 4) is 0 Å². The molecule has 0 N–H and O–H groups in total. The van der Waals surface area contributed by atoms with Crippen LogP contribution in [0.15, 0.2) is 11.3 Å². The van der Waals surface area contributed by atoms with E-state index in [4.69, 9.17) is 20.9 Å². The van der Waals surface area contributed by atoms with Crippen molar-refractivity contribution in [3.05, 3.63) is 11.3 Å². The first-order chi connectivity index (χ1) is 7.22. The fourth-order valence-electron chi connectivity index (χ4n) is 0.602. The first-order valence-electron chi connectivity index (χ1n) is 4.61. The Kier molecular flexibility index (Phi) is 6.60. The molecule has 7 heteroatoms. The maximum absolute atomic E-state index is 11.4. The van der Waals surface area contributed by atoms with E-state index < -0.39 is 7.82 Å². The molecule has 16 heavy (non-hydrogen) atoms. The molecular weight excluding hydrogens is 255 g/mol. The highest BCUT2D eigenvalue weighted by molar-refractivity contribution is 7.48. The molecule has 5 nitrogen and oxygen atoms in total. The van der Waals surface area contributed by atoms with Gasteiger partial charge in [0.15, 0.2) is 0 Å². The van der Waals surface area contributed by atoms with Gasteiger partial charge < -0.3 is 9.26 Å². The summed E-state index contributed by atoms with van der Waals surface area (Å²) in [5.41, 5.74) is -0.305. The molecule has 0 heterocycles. The van der Waals surface area contributed by atoms with Crippen LogP contribution in [0.3, 0.4) is 0 Å². The number of hydrogen-bond acceptors (Lipinski definition) is 5. The summed E-state index contributed by atoms with van der Waals surface area (Å²) in [6.07, 6.45) is 1.10. The Morgan fingerprint density at radius 1 is 1.31 bits per heavy atom. The topological polar surface area (TPSA) is 54.0 Å². The summed E-state index contributed by atoms with van der Waals surface area (Å²) in [7, 11) is -1.08. The summed E-state index contributed by atoms with van der Waals surface area (Å²) in [6.45, 7) is 5.85. The molecule has 0 aromatic carbocycles. The van der Waals surface area contributed by atoms with Gasteiger partial charge in [-0.05, 0) is 20.8 Å². The number of ether oxygens (including phenoxy) is 1. The number of halogens is 1. The number of rotatable bonds is 6. The van der Waals surface area contributed by atoms with E-state index in [0.717, 1.165) is 6.26 Å². The highest BCUT2D eigenvalue weighted by Gasteiger charge is 2.22. The molecule has 0 aliphatic heterocycles. The van der Waals surface area contributed by atoms with Crippen LogP contribution in [0.2, 0.25) is 0 Å². The summed E-state index contributed by atoms with van der Waals surface area (Å²) >= 11 is 5.79. The fourth-order valence-corrected chi connectivity index (χ4v) is 1.34. The Hall–Kier alpha value is -0.0600. The average Bonchev–Trinajstić information content (AvgIpc) is 2.22. The van der Waals surface area contributed by atoms with Crippen molar-refractivity contribution in [2.45, 2.75) is 26.4 Å². The number of phosphoric acid groups is 1.